The number of carbonyl (C=O) groups is 1. The first-order valence-corrected chi connectivity index (χ1v) is 10.1. The smallest absolute Gasteiger partial charge is 0.278 e. The van der Waals surface area contributed by atoms with Crippen molar-refractivity contribution < 1.29 is 19.0 Å². The fraction of sp³-hybridized carbons (Fsp3) is 0.348. The van der Waals surface area contributed by atoms with Crippen molar-refractivity contribution in [1.29, 1.82) is 0 Å². The molecule has 28 heavy (non-hydrogen) atoms. The van der Waals surface area contributed by atoms with Crippen molar-refractivity contribution in [3.8, 4) is 0 Å². The van der Waals surface area contributed by atoms with E-state index in [2.05, 4.69) is 42.5 Å². The fourth-order valence-electron chi connectivity index (χ4n) is 4.11. The molecule has 5 heteroatoms. The van der Waals surface area contributed by atoms with Crippen LogP contribution in [0.5, 0.6) is 0 Å². The maximum absolute atomic E-state index is 12.6. The molecule has 3 aromatic rings. The van der Waals surface area contributed by atoms with E-state index in [9.17, 15) is 4.79 Å². The monoisotopic (exact) mass is 379 g/mol. The first-order chi connectivity index (χ1) is 13.7. The molecular weight excluding hydrogens is 350 g/mol. The molecule has 0 spiro atoms. The highest BCUT2D eigenvalue weighted by Gasteiger charge is 2.26. The number of piperazine rings is 1. The van der Waals surface area contributed by atoms with Crippen molar-refractivity contribution in [1.82, 2.24) is 4.90 Å². The molecule has 2 heterocycles. The van der Waals surface area contributed by atoms with Crippen LogP contribution in [0.15, 0.2) is 65.3 Å². The molecule has 2 aromatic carbocycles. The van der Waals surface area contributed by atoms with Crippen molar-refractivity contribution in [2.45, 2.75) is 13.1 Å². The Labute approximate surface area is 166 Å². The van der Waals surface area contributed by atoms with Crippen molar-refractivity contribution in [3.05, 3.63) is 72.2 Å². The lowest BCUT2D eigenvalue weighted by atomic mass is 10.0. The molecular formula is C23H29N3O2+2. The van der Waals surface area contributed by atoms with Gasteiger partial charge in [-0.2, -0.15) is 0 Å². The average Bonchev–Trinajstić information content (AvgIpc) is 3.21. The number of likely N-dealkylation sites (N-methyl/N-ethyl adjacent to an activating group) is 1. The van der Waals surface area contributed by atoms with Crippen LogP contribution < -0.4 is 9.80 Å². The van der Waals surface area contributed by atoms with Crippen LogP contribution in [0.3, 0.4) is 0 Å². The van der Waals surface area contributed by atoms with E-state index in [-0.39, 0.29) is 5.91 Å². The van der Waals surface area contributed by atoms with Gasteiger partial charge in [-0.15, -0.1) is 0 Å². The number of furan rings is 1. The van der Waals surface area contributed by atoms with Crippen molar-refractivity contribution >= 4 is 16.7 Å². The van der Waals surface area contributed by atoms with Crippen LogP contribution in [-0.4, -0.2) is 50.6 Å². The van der Waals surface area contributed by atoms with E-state index in [0.717, 1.165) is 49.9 Å². The molecule has 2 N–H and O–H groups in total. The molecule has 1 aliphatic rings. The molecule has 1 saturated heterocycles. The van der Waals surface area contributed by atoms with Gasteiger partial charge in [0.25, 0.3) is 5.91 Å². The SMILES string of the molecule is C[NH+](CC(=O)N1CC[NH+](Cc2cccc3ccccc23)CC1)Cc1ccco1. The summed E-state index contributed by atoms with van der Waals surface area (Å²) in [5.74, 6) is 1.17. The Kier molecular flexibility index (Phi) is 5.74. The van der Waals surface area contributed by atoms with Gasteiger partial charge in [-0.3, -0.25) is 4.79 Å². The van der Waals surface area contributed by atoms with Gasteiger partial charge in [0.2, 0.25) is 0 Å². The van der Waals surface area contributed by atoms with Crippen molar-refractivity contribution in [2.24, 2.45) is 0 Å². The molecule has 1 unspecified atom stereocenters. The lowest BCUT2D eigenvalue weighted by Gasteiger charge is -2.32. The zero-order valence-electron chi connectivity index (χ0n) is 16.5. The van der Waals surface area contributed by atoms with E-state index in [1.54, 1.807) is 11.2 Å². The minimum Gasteiger partial charge on any atom is -0.463 e. The molecule has 0 radical (unpaired) electrons. The molecule has 1 aliphatic heterocycles. The number of amides is 1. The third kappa shape index (κ3) is 4.43. The number of benzene rings is 2. The van der Waals surface area contributed by atoms with E-state index >= 15 is 0 Å². The lowest BCUT2D eigenvalue weighted by molar-refractivity contribution is -0.917. The zero-order chi connectivity index (χ0) is 19.3. The summed E-state index contributed by atoms with van der Waals surface area (Å²) in [7, 11) is 2.04. The molecule has 4 rings (SSSR count). The molecule has 0 saturated carbocycles. The summed E-state index contributed by atoms with van der Waals surface area (Å²) in [6.45, 7) is 5.97. The summed E-state index contributed by atoms with van der Waals surface area (Å²) in [6.07, 6.45) is 1.68. The summed E-state index contributed by atoms with van der Waals surface area (Å²) in [5.41, 5.74) is 1.40. The topological polar surface area (TPSA) is 42.3 Å². The van der Waals surface area contributed by atoms with Gasteiger partial charge in [0.05, 0.1) is 39.5 Å². The average molecular weight is 380 g/mol. The van der Waals surface area contributed by atoms with Gasteiger partial charge < -0.3 is 19.1 Å². The Morgan fingerprint density at radius 3 is 2.64 bits per heavy atom. The Morgan fingerprint density at radius 1 is 1.07 bits per heavy atom. The minimum absolute atomic E-state index is 0.244. The normalized spacial score (nSPS) is 16.4. The number of hydrogen-bond donors (Lipinski definition) is 2. The highest BCUT2D eigenvalue weighted by atomic mass is 16.3. The van der Waals surface area contributed by atoms with Crippen LogP contribution in [0.4, 0.5) is 0 Å². The van der Waals surface area contributed by atoms with E-state index in [0.29, 0.717) is 6.54 Å². The number of carbonyl (C=O) groups excluding carboxylic acids is 1. The van der Waals surface area contributed by atoms with E-state index in [1.165, 1.54) is 16.3 Å². The second-order valence-corrected chi connectivity index (χ2v) is 7.84. The van der Waals surface area contributed by atoms with Gasteiger partial charge in [-0.05, 0) is 22.9 Å². The van der Waals surface area contributed by atoms with Crippen LogP contribution >= 0.6 is 0 Å². The van der Waals surface area contributed by atoms with Gasteiger partial charge >= 0.3 is 0 Å². The Balaban J connectivity index is 1.29. The maximum atomic E-state index is 12.6. The van der Waals surface area contributed by atoms with Crippen LogP contribution in [0.2, 0.25) is 0 Å². The lowest BCUT2D eigenvalue weighted by Crippen LogP contribution is -3.14. The zero-order valence-corrected chi connectivity index (χ0v) is 16.5. The van der Waals surface area contributed by atoms with E-state index < -0.39 is 0 Å². The highest BCUT2D eigenvalue weighted by Crippen LogP contribution is 2.17. The first-order valence-electron chi connectivity index (χ1n) is 10.1. The van der Waals surface area contributed by atoms with Crippen LogP contribution in [-0.2, 0) is 17.9 Å². The van der Waals surface area contributed by atoms with Gasteiger partial charge in [-0.1, -0.05) is 42.5 Å². The second kappa shape index (κ2) is 8.59. The van der Waals surface area contributed by atoms with Crippen LogP contribution in [0.25, 0.3) is 10.8 Å². The van der Waals surface area contributed by atoms with Gasteiger partial charge in [0.1, 0.15) is 13.1 Å². The molecule has 1 aromatic heterocycles. The molecule has 5 nitrogen and oxygen atoms in total. The quantitative estimate of drug-likeness (QED) is 0.650. The van der Waals surface area contributed by atoms with Gasteiger partial charge in [-0.25, -0.2) is 0 Å². The number of rotatable bonds is 6. The minimum atomic E-state index is 0.244. The Morgan fingerprint density at radius 2 is 1.86 bits per heavy atom. The summed E-state index contributed by atoms with van der Waals surface area (Å²) in [6, 6.07) is 19.0. The number of nitrogens with one attached hydrogen (secondary N) is 2. The van der Waals surface area contributed by atoms with Crippen molar-refractivity contribution in [3.63, 3.8) is 0 Å². The summed E-state index contributed by atoms with van der Waals surface area (Å²) < 4.78 is 5.38. The molecule has 146 valence electrons. The number of fused-ring (bicyclic) bond motifs is 1. The molecule has 0 bridgehead atoms. The highest BCUT2D eigenvalue weighted by molar-refractivity contribution is 5.85. The largest absolute Gasteiger partial charge is 0.463 e. The molecule has 1 fully saturated rings. The van der Waals surface area contributed by atoms with Gasteiger partial charge in [0, 0.05) is 5.56 Å². The van der Waals surface area contributed by atoms with Crippen molar-refractivity contribution in [2.75, 3.05) is 39.8 Å². The fourth-order valence-corrected chi connectivity index (χ4v) is 4.11. The van der Waals surface area contributed by atoms with Crippen LogP contribution in [0.1, 0.15) is 11.3 Å². The molecule has 1 amide bonds. The Bertz CT molecular complexity index is 909. The van der Waals surface area contributed by atoms with E-state index in [1.807, 2.05) is 24.1 Å². The third-order valence-electron chi connectivity index (χ3n) is 5.65. The maximum Gasteiger partial charge on any atom is 0.278 e. The summed E-state index contributed by atoms with van der Waals surface area (Å²) >= 11 is 0. The number of nitrogens with zero attached hydrogens (tertiary/aromatic N) is 1. The molecule has 1 atom stereocenters. The summed E-state index contributed by atoms with van der Waals surface area (Å²) in [5, 5.41) is 2.65. The third-order valence-corrected chi connectivity index (χ3v) is 5.65. The predicted molar refractivity (Wildman–Crippen MR) is 109 cm³/mol. The second-order valence-electron chi connectivity index (χ2n) is 7.84. The summed E-state index contributed by atoms with van der Waals surface area (Å²) in [4.78, 5) is 17.4. The Hall–Kier alpha value is -2.63. The molecule has 0 aliphatic carbocycles. The van der Waals surface area contributed by atoms with Gasteiger partial charge in [0.15, 0.2) is 12.3 Å². The first kappa shape index (κ1) is 18.7. The van der Waals surface area contributed by atoms with Crippen LogP contribution in [0, 0.1) is 0 Å². The van der Waals surface area contributed by atoms with E-state index in [4.69, 9.17) is 4.42 Å². The number of hydrogen-bond acceptors (Lipinski definition) is 2. The standard InChI is InChI=1S/C23H27N3O2/c1-24(17-21-9-5-15-28-21)18-23(27)26-13-11-25(12-14-26)16-20-8-4-7-19-6-2-3-10-22(19)20/h2-10,15H,11-14,16-18H2,1H3/p+2. The number of quaternary nitrogens is 2. The predicted octanol–water partition coefficient (Wildman–Crippen LogP) is 0.375.